The van der Waals surface area contributed by atoms with Gasteiger partial charge in [-0.3, -0.25) is 14.4 Å². The maximum absolute atomic E-state index is 15.1. The fourth-order valence-corrected chi connectivity index (χ4v) is 9.60. The third-order valence-electron chi connectivity index (χ3n) is 12.4. The number of rotatable bonds is 5. The summed E-state index contributed by atoms with van der Waals surface area (Å²) < 4.78 is 82.4. The van der Waals surface area contributed by atoms with Crippen LogP contribution in [0.5, 0.6) is 6.01 Å². The van der Waals surface area contributed by atoms with Crippen LogP contribution in [0.1, 0.15) is 83.2 Å². The molecule has 3 aromatic rings. The van der Waals surface area contributed by atoms with Gasteiger partial charge >= 0.3 is 12.2 Å². The predicted molar refractivity (Wildman–Crippen MR) is 193 cm³/mol. The van der Waals surface area contributed by atoms with Crippen LogP contribution in [0, 0.1) is 11.7 Å². The topological polar surface area (TPSA) is 127 Å². The van der Waals surface area contributed by atoms with E-state index in [0.717, 1.165) is 37.9 Å². The molecule has 0 radical (unpaired) electrons. The molecule has 3 N–H and O–H groups in total. The van der Waals surface area contributed by atoms with Crippen molar-refractivity contribution in [3.63, 3.8) is 0 Å². The third-order valence-corrected chi connectivity index (χ3v) is 12.8. The smallest absolute Gasteiger partial charge is 0.416 e. The van der Waals surface area contributed by atoms with Crippen LogP contribution in [-0.4, -0.2) is 100 Å². The normalized spacial score (nSPS) is 27.3. The van der Waals surface area contributed by atoms with Crippen molar-refractivity contribution in [3.05, 3.63) is 56.7 Å². The largest absolute Gasteiger partial charge is 0.467 e. The number of amides is 1. The summed E-state index contributed by atoms with van der Waals surface area (Å²) in [7, 11) is 3.32. The van der Waals surface area contributed by atoms with Crippen molar-refractivity contribution >= 4 is 29.0 Å². The molecule has 9 rings (SSSR count). The highest BCUT2D eigenvalue weighted by Gasteiger charge is 2.53. The number of likely N-dealkylation sites (tertiary alicyclic amines) is 1. The Kier molecular flexibility index (Phi) is 10.1. The maximum Gasteiger partial charge on any atom is 0.416 e. The molecule has 5 atom stereocenters. The zero-order valence-electron chi connectivity index (χ0n) is 30.8. The zero-order valence-corrected chi connectivity index (χ0v) is 31.5. The molecule has 3 saturated heterocycles. The molecule has 5 aliphatic heterocycles. The van der Waals surface area contributed by atoms with Crippen LogP contribution >= 0.6 is 11.6 Å². The Morgan fingerprint density at radius 1 is 1.15 bits per heavy atom. The average molecular weight is 794 g/mol. The van der Waals surface area contributed by atoms with E-state index in [1.165, 1.54) is 20.0 Å². The number of nitrogens with one attached hydrogen (secondary N) is 1. The lowest BCUT2D eigenvalue weighted by Crippen LogP contribution is -2.56. The Morgan fingerprint density at radius 3 is 2.65 bits per heavy atom. The number of hydrogen-bond acceptors (Lipinski definition) is 10. The molecular weight excluding hydrogens is 749 g/mol. The van der Waals surface area contributed by atoms with Gasteiger partial charge in [0.15, 0.2) is 11.5 Å². The van der Waals surface area contributed by atoms with Crippen LogP contribution in [0.25, 0.3) is 0 Å². The molecule has 5 unspecified atom stereocenters. The molecule has 1 aromatic carbocycles. The molecule has 4 fully saturated rings. The standard InChI is InChI=1S/C30H33ClF4N8O3.C7H12FN/c1-37-29-7-6-15(29)11-42(14-29)27(44)25-23(31)20-12-41(8-3-9-43(20)40-25)26-16-13-46-21(10-19(16)38-28(39-26)45-2)22-17(30(33,34)35)4-5-18(36)24(22)32;8-6-4-7-2-1-3-9(7)5-6/h4-5,15,21,37H,3,6-14,36H2,1-2H3;6-7H,1-5H2. The molecule has 1 aliphatic carbocycles. The second-order valence-electron chi connectivity index (χ2n) is 15.4. The maximum atomic E-state index is 15.1. The molecule has 55 heavy (non-hydrogen) atoms. The predicted octanol–water partition coefficient (Wildman–Crippen LogP) is 5.32. The van der Waals surface area contributed by atoms with Crippen LogP contribution in [0.15, 0.2) is 12.1 Å². The van der Waals surface area contributed by atoms with Gasteiger partial charge in [0.05, 0.1) is 54.0 Å². The van der Waals surface area contributed by atoms with E-state index in [1.807, 2.05) is 16.8 Å². The number of methoxy groups -OCH3 is 1. The minimum Gasteiger partial charge on any atom is -0.467 e. The number of carbonyl (C=O) groups is 1. The summed E-state index contributed by atoms with van der Waals surface area (Å²) in [4.78, 5) is 28.7. The summed E-state index contributed by atoms with van der Waals surface area (Å²) in [5.74, 6) is -0.510. The van der Waals surface area contributed by atoms with Crippen molar-refractivity contribution in [2.75, 3.05) is 57.5 Å². The molecule has 1 amide bonds. The van der Waals surface area contributed by atoms with E-state index in [9.17, 15) is 22.4 Å². The van der Waals surface area contributed by atoms with Gasteiger partial charge in [0, 0.05) is 61.9 Å². The van der Waals surface area contributed by atoms with E-state index in [4.69, 9.17) is 26.8 Å². The van der Waals surface area contributed by atoms with Gasteiger partial charge in [0.2, 0.25) is 0 Å². The van der Waals surface area contributed by atoms with Gasteiger partial charge in [-0.15, -0.1) is 0 Å². The van der Waals surface area contributed by atoms with Crippen LogP contribution in [-0.2, 0) is 37.0 Å². The Morgan fingerprint density at radius 2 is 1.96 bits per heavy atom. The van der Waals surface area contributed by atoms with Crippen LogP contribution in [0.4, 0.5) is 33.5 Å². The number of nitrogens with zero attached hydrogens (tertiary/aromatic N) is 7. The lowest BCUT2D eigenvalue weighted by Gasteiger charge is -2.43. The second-order valence-corrected chi connectivity index (χ2v) is 15.8. The zero-order chi connectivity index (χ0) is 38.8. The Hall–Kier alpha value is -3.80. The highest BCUT2D eigenvalue weighted by Crippen LogP contribution is 2.46. The molecule has 1 saturated carbocycles. The SMILES string of the molecule is CNC12CCC1CN(C(=O)c1nn3c(c1Cl)CN(c1nc(OC)nc4c1COC(c1c(C(F)(F)F)ccc(N)c1F)C4)CCC3)C2.FC1CC2CCCN2C1. The van der Waals surface area contributed by atoms with Gasteiger partial charge < -0.3 is 30.3 Å². The number of ether oxygens (including phenoxy) is 2. The fourth-order valence-electron chi connectivity index (χ4n) is 9.32. The van der Waals surface area contributed by atoms with E-state index in [1.54, 1.807) is 4.68 Å². The summed E-state index contributed by atoms with van der Waals surface area (Å²) in [5.41, 5.74) is 5.15. The molecule has 7 heterocycles. The van der Waals surface area contributed by atoms with Crippen LogP contribution in [0.3, 0.4) is 0 Å². The minimum atomic E-state index is -4.82. The number of alkyl halides is 4. The Labute approximate surface area is 320 Å². The quantitative estimate of drug-likeness (QED) is 0.259. The molecule has 6 aliphatic rings. The van der Waals surface area contributed by atoms with Gasteiger partial charge in [-0.05, 0) is 70.2 Å². The van der Waals surface area contributed by atoms with Gasteiger partial charge in [0.25, 0.3) is 5.91 Å². The first-order valence-electron chi connectivity index (χ1n) is 18.9. The highest BCUT2D eigenvalue weighted by molar-refractivity contribution is 6.34. The summed E-state index contributed by atoms with van der Waals surface area (Å²) in [5, 5.41) is 8.32. The van der Waals surface area contributed by atoms with E-state index in [-0.39, 0.29) is 47.7 Å². The van der Waals surface area contributed by atoms with Gasteiger partial charge in [-0.2, -0.15) is 28.2 Å². The average Bonchev–Trinajstić information content (AvgIpc) is 3.84. The number of benzene rings is 1. The number of fused-ring (bicyclic) bond motifs is 4. The second kappa shape index (κ2) is 14.6. The fraction of sp³-hybridized carbons (Fsp3) is 0.622. The first-order valence-corrected chi connectivity index (χ1v) is 19.2. The van der Waals surface area contributed by atoms with E-state index in [2.05, 4.69) is 25.3 Å². The molecule has 18 heteroatoms. The number of anilines is 2. The van der Waals surface area contributed by atoms with Crippen LogP contribution in [0.2, 0.25) is 5.02 Å². The van der Waals surface area contributed by atoms with Crippen molar-refractivity contribution in [1.82, 2.24) is 34.9 Å². The number of likely N-dealkylation sites (N-methyl/N-ethyl adjacent to an activating group) is 1. The lowest BCUT2D eigenvalue weighted by atomic mass is 9.69. The summed E-state index contributed by atoms with van der Waals surface area (Å²) >= 11 is 6.87. The van der Waals surface area contributed by atoms with E-state index < -0.39 is 41.1 Å². The highest BCUT2D eigenvalue weighted by atomic mass is 35.5. The number of carbonyl (C=O) groups excluding carboxylic acids is 1. The van der Waals surface area contributed by atoms with E-state index in [0.29, 0.717) is 73.9 Å². The number of nitrogen functional groups attached to an aromatic ring is 1. The first kappa shape index (κ1) is 38.1. The molecule has 0 bridgehead atoms. The molecule has 0 spiro atoms. The van der Waals surface area contributed by atoms with Crippen molar-refractivity contribution in [1.29, 1.82) is 0 Å². The minimum absolute atomic E-state index is 0.000312. The number of aromatic nitrogens is 4. The van der Waals surface area contributed by atoms with Crippen LogP contribution < -0.4 is 20.7 Å². The van der Waals surface area contributed by atoms with Gasteiger partial charge in [-0.25, -0.2) is 8.78 Å². The summed E-state index contributed by atoms with van der Waals surface area (Å²) in [6.45, 7) is 4.23. The molecular formula is C37H45ClF5N9O3. The molecule has 298 valence electrons. The van der Waals surface area contributed by atoms with Gasteiger partial charge in [-0.1, -0.05) is 11.6 Å². The number of halogens is 6. The Bertz CT molecular complexity index is 1950. The number of hydrogen-bond donors (Lipinski definition) is 2. The first-order chi connectivity index (χ1) is 26.3. The van der Waals surface area contributed by atoms with Crippen molar-refractivity contribution in [3.8, 4) is 6.01 Å². The van der Waals surface area contributed by atoms with Gasteiger partial charge in [0.1, 0.15) is 12.0 Å². The van der Waals surface area contributed by atoms with E-state index >= 15 is 4.39 Å². The third kappa shape index (κ3) is 6.88. The van der Waals surface area contributed by atoms with Crippen molar-refractivity contribution in [2.24, 2.45) is 5.92 Å². The molecule has 12 nitrogen and oxygen atoms in total. The summed E-state index contributed by atoms with van der Waals surface area (Å²) in [6, 6.07) is 2.26. The number of nitrogens with two attached hydrogens (primary N) is 1. The summed E-state index contributed by atoms with van der Waals surface area (Å²) in [6.07, 6.45) is -0.733. The molecule has 2 aromatic heterocycles. The van der Waals surface area contributed by atoms with Crippen molar-refractivity contribution < 1.29 is 36.2 Å². The Balaban J connectivity index is 0.000000413. The number of aryl methyl sites for hydroxylation is 1. The monoisotopic (exact) mass is 793 g/mol. The lowest BCUT2D eigenvalue weighted by molar-refractivity contribution is -0.140. The van der Waals surface area contributed by atoms with Crippen molar-refractivity contribution in [2.45, 2.75) is 94.7 Å².